The first-order valence-corrected chi connectivity index (χ1v) is 6.12. The summed E-state index contributed by atoms with van der Waals surface area (Å²) in [6, 6.07) is 0.294. The maximum atomic E-state index is 11.5. The maximum Gasteiger partial charge on any atom is 0.240 e. The third-order valence-electron chi connectivity index (χ3n) is 2.31. The summed E-state index contributed by atoms with van der Waals surface area (Å²) in [5.41, 5.74) is 5.09. The van der Waals surface area contributed by atoms with Gasteiger partial charge in [0, 0.05) is 12.5 Å². The number of hydrogen-bond donors (Lipinski definition) is 4. The second kappa shape index (κ2) is 4.74. The summed E-state index contributed by atoms with van der Waals surface area (Å²) in [5.74, 6) is -0.749. The first-order valence-electron chi connectivity index (χ1n) is 5.24. The van der Waals surface area contributed by atoms with Gasteiger partial charge in [0.05, 0.1) is 0 Å². The molecule has 1 saturated heterocycles. The molecule has 0 aromatic heterocycles. The van der Waals surface area contributed by atoms with Crippen molar-refractivity contribution in [3.8, 4) is 0 Å². The van der Waals surface area contributed by atoms with E-state index in [0.717, 1.165) is 24.6 Å². The monoisotopic (exact) mass is 255 g/mol. The van der Waals surface area contributed by atoms with Crippen LogP contribution < -0.4 is 16.4 Å². The molecule has 2 fully saturated rings. The van der Waals surface area contributed by atoms with Crippen molar-refractivity contribution >= 4 is 34.7 Å². The Hall–Kier alpha value is -1.57. The molecule has 0 aromatic carbocycles. The second-order valence-corrected chi connectivity index (χ2v) is 5.14. The molecule has 7 nitrogen and oxygen atoms in total. The van der Waals surface area contributed by atoms with E-state index in [4.69, 9.17) is 11.1 Å². The highest BCUT2D eigenvalue weighted by Gasteiger charge is 2.33. The Kier molecular flexibility index (Phi) is 3.32. The van der Waals surface area contributed by atoms with Gasteiger partial charge in [0.2, 0.25) is 17.8 Å². The third kappa shape index (κ3) is 3.45. The number of amides is 2. The highest BCUT2D eigenvalue weighted by Crippen LogP contribution is 2.23. The van der Waals surface area contributed by atoms with Crippen molar-refractivity contribution in [1.82, 2.24) is 10.6 Å². The summed E-state index contributed by atoms with van der Waals surface area (Å²) in [4.78, 5) is 26.6. The van der Waals surface area contributed by atoms with E-state index < -0.39 is 5.25 Å². The molecule has 0 spiro atoms. The summed E-state index contributed by atoms with van der Waals surface area (Å²) in [6.45, 7) is 0. The lowest BCUT2D eigenvalue weighted by atomic mass is 10.2. The fourth-order valence-electron chi connectivity index (χ4n) is 1.38. The van der Waals surface area contributed by atoms with E-state index in [-0.39, 0.29) is 29.4 Å². The Morgan fingerprint density at radius 3 is 2.94 bits per heavy atom. The fraction of sp³-hybridized carbons (Fsp3) is 0.556. The average molecular weight is 255 g/mol. The Labute approximate surface area is 102 Å². The van der Waals surface area contributed by atoms with Gasteiger partial charge in [-0.25, -0.2) is 0 Å². The number of nitrogens with two attached hydrogens (primary N) is 1. The molecule has 92 valence electrons. The van der Waals surface area contributed by atoms with Crippen LogP contribution in [0.15, 0.2) is 4.99 Å². The predicted octanol–water partition coefficient (Wildman–Crippen LogP) is -0.864. The number of carbonyl (C=O) groups is 2. The zero-order valence-corrected chi connectivity index (χ0v) is 9.84. The van der Waals surface area contributed by atoms with Crippen molar-refractivity contribution in [3.05, 3.63) is 0 Å². The number of amidine groups is 1. The molecule has 1 aliphatic carbocycles. The van der Waals surface area contributed by atoms with Crippen molar-refractivity contribution in [2.45, 2.75) is 30.6 Å². The van der Waals surface area contributed by atoms with Crippen LogP contribution >= 0.6 is 11.8 Å². The van der Waals surface area contributed by atoms with E-state index in [1.54, 1.807) is 0 Å². The minimum atomic E-state index is -0.480. The number of carbonyl (C=O) groups excluding carboxylic acids is 2. The average Bonchev–Trinajstić information content (AvgIpc) is 2.93. The van der Waals surface area contributed by atoms with Crippen LogP contribution in [0.1, 0.15) is 19.3 Å². The second-order valence-electron chi connectivity index (χ2n) is 3.94. The van der Waals surface area contributed by atoms with E-state index >= 15 is 0 Å². The number of nitrogens with one attached hydrogen (secondary N) is 3. The van der Waals surface area contributed by atoms with Crippen molar-refractivity contribution in [1.29, 1.82) is 5.41 Å². The van der Waals surface area contributed by atoms with Gasteiger partial charge in [0.1, 0.15) is 5.25 Å². The first kappa shape index (κ1) is 11.9. The van der Waals surface area contributed by atoms with Gasteiger partial charge in [-0.1, -0.05) is 11.8 Å². The molecule has 2 amide bonds. The van der Waals surface area contributed by atoms with Crippen LogP contribution in [0.25, 0.3) is 0 Å². The number of thioether (sulfide) groups is 1. The molecule has 1 saturated carbocycles. The van der Waals surface area contributed by atoms with Crippen molar-refractivity contribution in [2.24, 2.45) is 10.7 Å². The number of rotatable bonds is 3. The Balaban J connectivity index is 1.86. The molecule has 17 heavy (non-hydrogen) atoms. The molecule has 2 rings (SSSR count). The highest BCUT2D eigenvalue weighted by atomic mass is 32.2. The lowest BCUT2D eigenvalue weighted by Crippen LogP contribution is -2.32. The molecular weight excluding hydrogens is 242 g/mol. The molecule has 5 N–H and O–H groups in total. The predicted molar refractivity (Wildman–Crippen MR) is 64.7 cm³/mol. The smallest absolute Gasteiger partial charge is 0.240 e. The third-order valence-corrected chi connectivity index (χ3v) is 3.39. The van der Waals surface area contributed by atoms with E-state index in [1.165, 1.54) is 0 Å². The van der Waals surface area contributed by atoms with Crippen LogP contribution in [0.3, 0.4) is 0 Å². The Morgan fingerprint density at radius 1 is 1.65 bits per heavy atom. The largest absolute Gasteiger partial charge is 0.368 e. The summed E-state index contributed by atoms with van der Waals surface area (Å²) in [5, 5.41) is 12.1. The van der Waals surface area contributed by atoms with Gasteiger partial charge in [-0.15, -0.1) is 0 Å². The standard InChI is InChI=1S/C9H13N5O2S/c10-8(11)14-9-13-7(16)5(17-9)3-6(15)12-4-1-2-4/h4-5H,1-3H2,(H,12,15)(H4,10,11,13,14,16). The van der Waals surface area contributed by atoms with E-state index in [9.17, 15) is 9.59 Å². The number of hydrogen-bond acceptors (Lipinski definition) is 4. The van der Waals surface area contributed by atoms with Crippen LogP contribution in [0.2, 0.25) is 0 Å². The van der Waals surface area contributed by atoms with Gasteiger partial charge in [0.25, 0.3) is 0 Å². The SMILES string of the molecule is N=C(N)N=C1NC(=O)C(CC(=O)NC2CC2)S1. The number of nitrogens with zero attached hydrogens (tertiary/aromatic N) is 1. The molecular formula is C9H13N5O2S. The molecule has 1 unspecified atom stereocenters. The van der Waals surface area contributed by atoms with E-state index in [1.807, 2.05) is 0 Å². The zero-order valence-electron chi connectivity index (χ0n) is 9.03. The molecule has 0 radical (unpaired) electrons. The number of guanidine groups is 1. The van der Waals surface area contributed by atoms with Gasteiger partial charge < -0.3 is 16.4 Å². The molecule has 1 heterocycles. The lowest BCUT2D eigenvalue weighted by molar-refractivity contribution is -0.125. The highest BCUT2D eigenvalue weighted by molar-refractivity contribution is 8.15. The zero-order chi connectivity index (χ0) is 12.4. The quantitative estimate of drug-likeness (QED) is 0.387. The van der Waals surface area contributed by atoms with Gasteiger partial charge >= 0.3 is 0 Å². The maximum absolute atomic E-state index is 11.5. The molecule has 0 bridgehead atoms. The van der Waals surface area contributed by atoms with Crippen LogP contribution in [0, 0.1) is 5.41 Å². The summed E-state index contributed by atoms with van der Waals surface area (Å²) in [6.07, 6.45) is 2.17. The van der Waals surface area contributed by atoms with Crippen molar-refractivity contribution in [3.63, 3.8) is 0 Å². The van der Waals surface area contributed by atoms with Crippen LogP contribution in [0.4, 0.5) is 0 Å². The van der Waals surface area contributed by atoms with Crippen LogP contribution in [-0.4, -0.2) is 34.2 Å². The fourth-order valence-corrected chi connectivity index (χ4v) is 2.37. The van der Waals surface area contributed by atoms with Crippen LogP contribution in [0.5, 0.6) is 0 Å². The molecule has 0 aromatic rings. The number of aliphatic imine (C=N–C) groups is 1. The Bertz CT molecular complexity index is 404. The van der Waals surface area contributed by atoms with E-state index in [0.29, 0.717) is 6.04 Å². The lowest BCUT2D eigenvalue weighted by Gasteiger charge is -2.05. The Morgan fingerprint density at radius 2 is 2.35 bits per heavy atom. The van der Waals surface area contributed by atoms with Gasteiger partial charge in [0.15, 0.2) is 5.17 Å². The molecule has 1 atom stereocenters. The summed E-state index contributed by atoms with van der Waals surface area (Å²) in [7, 11) is 0. The van der Waals surface area contributed by atoms with Gasteiger partial charge in [-0.2, -0.15) is 4.99 Å². The normalized spacial score (nSPS) is 25.8. The van der Waals surface area contributed by atoms with Gasteiger partial charge in [-0.05, 0) is 12.8 Å². The van der Waals surface area contributed by atoms with Crippen molar-refractivity contribution in [2.75, 3.05) is 0 Å². The topological polar surface area (TPSA) is 120 Å². The molecule has 1 aliphatic heterocycles. The first-order chi connectivity index (χ1) is 8.04. The minimum Gasteiger partial charge on any atom is -0.368 e. The summed E-state index contributed by atoms with van der Waals surface area (Å²) >= 11 is 1.13. The minimum absolute atomic E-state index is 0.121. The van der Waals surface area contributed by atoms with Crippen LogP contribution in [-0.2, 0) is 9.59 Å². The molecule has 2 aliphatic rings. The van der Waals surface area contributed by atoms with E-state index in [2.05, 4.69) is 15.6 Å². The van der Waals surface area contributed by atoms with Crippen molar-refractivity contribution < 1.29 is 9.59 Å². The van der Waals surface area contributed by atoms with Gasteiger partial charge in [-0.3, -0.25) is 15.0 Å². The summed E-state index contributed by atoms with van der Waals surface area (Å²) < 4.78 is 0. The molecule has 8 heteroatoms.